The van der Waals surface area contributed by atoms with Gasteiger partial charge >= 0.3 is 0 Å². The molecule has 2 aliphatic rings. The number of aryl methyl sites for hydroxylation is 1. The molecule has 1 aliphatic heterocycles. The topological polar surface area (TPSA) is 137 Å². The van der Waals surface area contributed by atoms with Crippen LogP contribution in [-0.4, -0.2) is 24.4 Å². The number of carbonyl (C=O) groups excluding carboxylic acids is 1. The molecule has 0 unspecified atom stereocenters. The van der Waals surface area contributed by atoms with Crippen LogP contribution >= 0.6 is 0 Å². The van der Waals surface area contributed by atoms with Crippen LogP contribution in [0, 0.1) is 6.92 Å². The van der Waals surface area contributed by atoms with Crippen molar-refractivity contribution < 1.29 is 18.7 Å². The van der Waals surface area contributed by atoms with E-state index in [0.29, 0.717) is 34.9 Å². The fourth-order valence-corrected chi connectivity index (χ4v) is 3.27. The average molecular weight is 369 g/mol. The van der Waals surface area contributed by atoms with E-state index < -0.39 is 0 Å². The van der Waals surface area contributed by atoms with Crippen LogP contribution < -0.4 is 26.3 Å². The first-order valence-corrected chi connectivity index (χ1v) is 8.52. The highest BCUT2D eigenvalue weighted by molar-refractivity contribution is 6.09. The molecule has 0 atom stereocenters. The summed E-state index contributed by atoms with van der Waals surface area (Å²) in [5, 5.41) is 10.7. The number of nitrogens with zero attached hydrogens (tertiary/aromatic N) is 2. The minimum atomic E-state index is -0.345. The molecule has 0 saturated heterocycles. The van der Waals surface area contributed by atoms with Gasteiger partial charge in [-0.15, -0.1) is 5.10 Å². The Morgan fingerprint density at radius 2 is 2.00 bits per heavy atom. The largest absolute Gasteiger partial charge is 0.455 e. The number of anilines is 1. The Balaban J connectivity index is 1.62. The number of furan rings is 1. The Kier molecular flexibility index (Phi) is 4.19. The second kappa shape index (κ2) is 6.67. The fourth-order valence-electron chi connectivity index (χ4n) is 3.27. The lowest BCUT2D eigenvalue weighted by atomic mass is 9.93. The molecule has 1 amide bonds. The molecule has 4 rings (SSSR count). The fraction of sp³-hybridized carbons (Fsp3) is 0.278. The lowest BCUT2D eigenvalue weighted by Gasteiger charge is -2.11. The maximum Gasteiger partial charge on any atom is 0.291 e. The number of nitrogens with one attached hydrogen (secondary N) is 1. The lowest BCUT2D eigenvalue weighted by Crippen LogP contribution is -2.22. The van der Waals surface area contributed by atoms with Gasteiger partial charge in [0.25, 0.3) is 5.91 Å². The van der Waals surface area contributed by atoms with Crippen LogP contribution in [0.4, 0.5) is 5.69 Å². The van der Waals surface area contributed by atoms with Gasteiger partial charge in [-0.05, 0) is 31.9 Å². The van der Waals surface area contributed by atoms with E-state index in [-0.39, 0.29) is 24.4 Å². The number of ether oxygens (including phenoxy) is 2. The van der Waals surface area contributed by atoms with Crippen molar-refractivity contribution in [3.63, 3.8) is 0 Å². The summed E-state index contributed by atoms with van der Waals surface area (Å²) in [5.74, 6) is 1.75. The van der Waals surface area contributed by atoms with Gasteiger partial charge in [0, 0.05) is 29.3 Å². The molecule has 1 aromatic carbocycles. The third kappa shape index (κ3) is 3.19. The normalized spacial score (nSPS) is 16.1. The summed E-state index contributed by atoms with van der Waals surface area (Å²) in [7, 11) is 0. The summed E-state index contributed by atoms with van der Waals surface area (Å²) in [5.41, 5.74) is 13.5. The highest BCUT2D eigenvalue weighted by atomic mass is 16.7. The predicted molar refractivity (Wildman–Crippen MR) is 99.2 cm³/mol. The molecule has 1 aromatic heterocycles. The molecular formula is C18H19N5O4. The van der Waals surface area contributed by atoms with Crippen molar-refractivity contribution in [1.82, 2.24) is 0 Å². The number of nitrogens with two attached hydrogens (primary N) is 2. The molecule has 0 radical (unpaired) electrons. The van der Waals surface area contributed by atoms with Crippen molar-refractivity contribution >= 4 is 23.3 Å². The standard InChI is InChI=1S/C18H19N5O4/c1-9-15-11(22-23-18(19)20)3-2-4-13(15)27-16(9)17(24)21-10-5-6-12-14(7-10)26-8-25-12/h5-7H,2-4,8H2,1H3,(H,21,24)(H4,19,20,23). The molecule has 0 saturated carbocycles. The predicted octanol–water partition coefficient (Wildman–Crippen LogP) is 1.88. The summed E-state index contributed by atoms with van der Waals surface area (Å²) < 4.78 is 16.4. The molecule has 5 N–H and O–H groups in total. The third-order valence-electron chi connectivity index (χ3n) is 4.45. The number of hydrogen-bond donors (Lipinski definition) is 3. The quantitative estimate of drug-likeness (QED) is 0.429. The zero-order valence-electron chi connectivity index (χ0n) is 14.7. The van der Waals surface area contributed by atoms with Crippen LogP contribution in [0.3, 0.4) is 0 Å². The number of guanidine groups is 1. The molecule has 2 aromatic rings. The highest BCUT2D eigenvalue weighted by Gasteiger charge is 2.28. The number of hydrogen-bond acceptors (Lipinski definition) is 6. The molecule has 140 valence electrons. The van der Waals surface area contributed by atoms with Gasteiger partial charge in [-0.2, -0.15) is 5.10 Å². The van der Waals surface area contributed by atoms with Crippen molar-refractivity contribution in [2.24, 2.45) is 21.7 Å². The van der Waals surface area contributed by atoms with Crippen molar-refractivity contribution in [2.45, 2.75) is 26.2 Å². The summed E-state index contributed by atoms with van der Waals surface area (Å²) in [6, 6.07) is 5.21. The van der Waals surface area contributed by atoms with Crippen LogP contribution in [0.5, 0.6) is 11.5 Å². The van der Waals surface area contributed by atoms with Gasteiger partial charge in [0.05, 0.1) is 5.71 Å². The molecule has 27 heavy (non-hydrogen) atoms. The summed E-state index contributed by atoms with van der Waals surface area (Å²) >= 11 is 0. The van der Waals surface area contributed by atoms with Gasteiger partial charge in [0.15, 0.2) is 17.3 Å². The number of benzene rings is 1. The van der Waals surface area contributed by atoms with Crippen molar-refractivity contribution in [1.29, 1.82) is 0 Å². The van der Waals surface area contributed by atoms with Crippen LogP contribution in [0.2, 0.25) is 0 Å². The monoisotopic (exact) mass is 369 g/mol. The minimum absolute atomic E-state index is 0.114. The van der Waals surface area contributed by atoms with Gasteiger partial charge in [-0.1, -0.05) is 0 Å². The minimum Gasteiger partial charge on any atom is -0.455 e. The van der Waals surface area contributed by atoms with Gasteiger partial charge < -0.3 is 30.7 Å². The van der Waals surface area contributed by atoms with E-state index >= 15 is 0 Å². The Morgan fingerprint density at radius 3 is 2.81 bits per heavy atom. The van der Waals surface area contributed by atoms with Gasteiger partial charge in [0.2, 0.25) is 12.8 Å². The first-order valence-electron chi connectivity index (χ1n) is 8.52. The van der Waals surface area contributed by atoms with E-state index in [4.69, 9.17) is 25.4 Å². The van der Waals surface area contributed by atoms with Gasteiger partial charge in [-0.25, -0.2) is 0 Å². The smallest absolute Gasteiger partial charge is 0.291 e. The van der Waals surface area contributed by atoms with Crippen LogP contribution in [0.1, 0.15) is 40.3 Å². The van der Waals surface area contributed by atoms with Crippen molar-refractivity contribution in [3.05, 3.63) is 40.8 Å². The van der Waals surface area contributed by atoms with Gasteiger partial charge in [0.1, 0.15) is 5.76 Å². The molecule has 0 fully saturated rings. The lowest BCUT2D eigenvalue weighted by molar-refractivity contribution is 0.0994. The van der Waals surface area contributed by atoms with E-state index in [1.807, 2.05) is 6.92 Å². The Hall–Kier alpha value is -3.49. The Labute approximate surface area is 155 Å². The maximum absolute atomic E-state index is 12.7. The molecule has 0 bridgehead atoms. The average Bonchev–Trinajstić information content (AvgIpc) is 3.24. The Morgan fingerprint density at radius 1 is 1.19 bits per heavy atom. The van der Waals surface area contributed by atoms with Crippen LogP contribution in [-0.2, 0) is 6.42 Å². The van der Waals surface area contributed by atoms with Crippen LogP contribution in [0.25, 0.3) is 0 Å². The van der Waals surface area contributed by atoms with E-state index in [1.54, 1.807) is 18.2 Å². The zero-order valence-corrected chi connectivity index (χ0v) is 14.7. The number of fused-ring (bicyclic) bond motifs is 2. The van der Waals surface area contributed by atoms with E-state index in [9.17, 15) is 4.79 Å². The summed E-state index contributed by atoms with van der Waals surface area (Å²) in [6.07, 6.45) is 2.30. The molecule has 9 nitrogen and oxygen atoms in total. The SMILES string of the molecule is Cc1c(C(=O)Nc2ccc3c(c2)OCO3)oc2c1C(=NN=C(N)N)CCC2. The molecular weight excluding hydrogens is 350 g/mol. The van der Waals surface area contributed by atoms with E-state index in [1.165, 1.54) is 0 Å². The van der Waals surface area contributed by atoms with Crippen molar-refractivity contribution in [2.75, 3.05) is 12.1 Å². The summed E-state index contributed by atoms with van der Waals surface area (Å²) in [4.78, 5) is 12.7. The number of carbonyl (C=O) groups is 1. The molecule has 9 heteroatoms. The molecule has 1 aliphatic carbocycles. The Bertz CT molecular complexity index is 972. The second-order valence-electron chi connectivity index (χ2n) is 6.30. The highest BCUT2D eigenvalue weighted by Crippen LogP contribution is 2.35. The zero-order chi connectivity index (χ0) is 19.0. The molecule has 0 spiro atoms. The van der Waals surface area contributed by atoms with Crippen molar-refractivity contribution in [3.8, 4) is 11.5 Å². The second-order valence-corrected chi connectivity index (χ2v) is 6.30. The van der Waals surface area contributed by atoms with E-state index in [0.717, 1.165) is 24.2 Å². The van der Waals surface area contributed by atoms with Gasteiger partial charge in [-0.3, -0.25) is 4.79 Å². The van der Waals surface area contributed by atoms with E-state index in [2.05, 4.69) is 15.5 Å². The van der Waals surface area contributed by atoms with Crippen LogP contribution in [0.15, 0.2) is 32.8 Å². The molecule has 2 heterocycles. The first kappa shape index (κ1) is 17.0. The summed E-state index contributed by atoms with van der Waals surface area (Å²) in [6.45, 7) is 2.00. The maximum atomic E-state index is 12.7. The third-order valence-corrected chi connectivity index (χ3v) is 4.45. The first-order chi connectivity index (χ1) is 13.0. The number of amides is 1. The number of rotatable bonds is 3.